The van der Waals surface area contributed by atoms with Crippen molar-refractivity contribution in [2.75, 3.05) is 0 Å². The third-order valence-corrected chi connectivity index (χ3v) is 2.09. The number of carbonyl (C=O) groups is 1. The van der Waals surface area contributed by atoms with Crippen molar-refractivity contribution in [3.8, 4) is 0 Å². The Kier molecular flexibility index (Phi) is 5.03. The zero-order valence-electron chi connectivity index (χ0n) is 7.90. The Bertz CT molecular complexity index is 193. The SMILES string of the molecule is CCCCC(C(C)C(=O)O)[N+](=O)[O-]. The van der Waals surface area contributed by atoms with Crippen molar-refractivity contribution in [3.05, 3.63) is 10.1 Å². The Morgan fingerprint density at radius 3 is 2.46 bits per heavy atom. The van der Waals surface area contributed by atoms with Gasteiger partial charge in [0, 0.05) is 11.3 Å². The van der Waals surface area contributed by atoms with Crippen molar-refractivity contribution in [3.63, 3.8) is 0 Å². The first kappa shape index (κ1) is 11.9. The molecule has 0 spiro atoms. The molecule has 76 valence electrons. The average Bonchev–Trinajstić information content (AvgIpc) is 2.04. The van der Waals surface area contributed by atoms with E-state index in [2.05, 4.69) is 0 Å². The molecule has 0 aromatic carbocycles. The van der Waals surface area contributed by atoms with Gasteiger partial charge in [0.05, 0.1) is 0 Å². The van der Waals surface area contributed by atoms with E-state index in [1.54, 1.807) is 0 Å². The van der Waals surface area contributed by atoms with Gasteiger partial charge in [0.25, 0.3) is 0 Å². The number of carboxylic acid groups (broad SMARTS) is 1. The summed E-state index contributed by atoms with van der Waals surface area (Å²) in [6, 6.07) is -0.947. The van der Waals surface area contributed by atoms with Crippen LogP contribution in [0.15, 0.2) is 0 Å². The van der Waals surface area contributed by atoms with Gasteiger partial charge in [-0.25, -0.2) is 0 Å². The molecule has 2 atom stereocenters. The van der Waals surface area contributed by atoms with Crippen molar-refractivity contribution in [1.29, 1.82) is 0 Å². The number of rotatable bonds is 6. The van der Waals surface area contributed by atoms with E-state index in [-0.39, 0.29) is 0 Å². The zero-order chi connectivity index (χ0) is 10.4. The van der Waals surface area contributed by atoms with E-state index in [0.717, 1.165) is 6.42 Å². The number of nitrogens with zero attached hydrogens (tertiary/aromatic N) is 1. The number of hydrogen-bond acceptors (Lipinski definition) is 3. The van der Waals surface area contributed by atoms with E-state index in [1.165, 1.54) is 6.92 Å². The van der Waals surface area contributed by atoms with Crippen LogP contribution in [-0.2, 0) is 4.79 Å². The van der Waals surface area contributed by atoms with Gasteiger partial charge in [-0.2, -0.15) is 0 Å². The summed E-state index contributed by atoms with van der Waals surface area (Å²) in [7, 11) is 0. The maximum Gasteiger partial charge on any atom is 0.313 e. The predicted molar refractivity (Wildman–Crippen MR) is 47.1 cm³/mol. The lowest BCUT2D eigenvalue weighted by Crippen LogP contribution is -2.32. The molecule has 0 bridgehead atoms. The summed E-state index contributed by atoms with van der Waals surface area (Å²) in [5.74, 6) is -2.00. The molecular formula is C8H15NO4. The third-order valence-electron chi connectivity index (χ3n) is 2.09. The van der Waals surface area contributed by atoms with Crippen LogP contribution in [0.25, 0.3) is 0 Å². The second-order valence-electron chi connectivity index (χ2n) is 3.12. The van der Waals surface area contributed by atoms with E-state index in [9.17, 15) is 14.9 Å². The van der Waals surface area contributed by atoms with Crippen LogP contribution in [0, 0.1) is 16.0 Å². The van der Waals surface area contributed by atoms with Crippen molar-refractivity contribution >= 4 is 5.97 Å². The van der Waals surface area contributed by atoms with E-state index in [1.807, 2.05) is 6.92 Å². The minimum absolute atomic E-state index is 0.344. The highest BCUT2D eigenvalue weighted by Crippen LogP contribution is 2.14. The standard InChI is InChI=1S/C8H15NO4/c1-3-4-5-7(9(12)13)6(2)8(10)11/h6-7H,3-5H2,1-2H3,(H,10,11). The fraction of sp³-hybridized carbons (Fsp3) is 0.875. The molecule has 0 amide bonds. The van der Waals surface area contributed by atoms with Crippen LogP contribution >= 0.6 is 0 Å². The normalized spacial score (nSPS) is 14.9. The molecular weight excluding hydrogens is 174 g/mol. The summed E-state index contributed by atoms with van der Waals surface area (Å²) >= 11 is 0. The van der Waals surface area contributed by atoms with Gasteiger partial charge in [0.1, 0.15) is 5.92 Å². The number of hydrogen-bond donors (Lipinski definition) is 1. The third kappa shape index (κ3) is 3.87. The summed E-state index contributed by atoms with van der Waals surface area (Å²) in [4.78, 5) is 20.5. The Labute approximate surface area is 76.9 Å². The van der Waals surface area contributed by atoms with Gasteiger partial charge >= 0.3 is 5.97 Å². The molecule has 0 aliphatic rings. The lowest BCUT2D eigenvalue weighted by Gasteiger charge is -2.12. The molecule has 5 nitrogen and oxygen atoms in total. The van der Waals surface area contributed by atoms with Crippen LogP contribution in [0.4, 0.5) is 0 Å². The minimum atomic E-state index is -1.10. The van der Waals surface area contributed by atoms with Crippen molar-refractivity contribution in [2.24, 2.45) is 5.92 Å². The maximum atomic E-state index is 10.5. The number of unbranched alkanes of at least 4 members (excludes halogenated alkanes) is 1. The predicted octanol–water partition coefficient (Wildman–Crippen LogP) is 1.54. The van der Waals surface area contributed by atoms with Crippen LogP contribution in [0.1, 0.15) is 33.1 Å². The molecule has 0 heterocycles. The van der Waals surface area contributed by atoms with Gasteiger partial charge < -0.3 is 5.11 Å². The largest absolute Gasteiger partial charge is 0.481 e. The lowest BCUT2D eigenvalue weighted by atomic mass is 9.98. The first-order valence-corrected chi connectivity index (χ1v) is 4.37. The number of carboxylic acids is 1. The van der Waals surface area contributed by atoms with Crippen LogP contribution in [0.2, 0.25) is 0 Å². The Balaban J connectivity index is 4.24. The van der Waals surface area contributed by atoms with E-state index in [4.69, 9.17) is 5.11 Å². The molecule has 0 aliphatic heterocycles. The molecule has 2 unspecified atom stereocenters. The highest BCUT2D eigenvalue weighted by atomic mass is 16.6. The van der Waals surface area contributed by atoms with Gasteiger partial charge in [-0.1, -0.05) is 13.3 Å². The highest BCUT2D eigenvalue weighted by Gasteiger charge is 2.32. The molecule has 0 rings (SSSR count). The second-order valence-corrected chi connectivity index (χ2v) is 3.12. The Morgan fingerprint density at radius 2 is 2.15 bits per heavy atom. The number of aliphatic carboxylic acids is 1. The molecule has 0 saturated carbocycles. The van der Waals surface area contributed by atoms with Gasteiger partial charge in [-0.15, -0.1) is 0 Å². The first-order valence-electron chi connectivity index (χ1n) is 4.37. The summed E-state index contributed by atoms with van der Waals surface area (Å²) in [5.41, 5.74) is 0. The van der Waals surface area contributed by atoms with Crippen LogP contribution < -0.4 is 0 Å². The van der Waals surface area contributed by atoms with Crippen LogP contribution in [0.5, 0.6) is 0 Å². The maximum absolute atomic E-state index is 10.5. The molecule has 0 fully saturated rings. The van der Waals surface area contributed by atoms with Crippen molar-refractivity contribution in [2.45, 2.75) is 39.2 Å². The first-order chi connectivity index (χ1) is 6.00. The van der Waals surface area contributed by atoms with E-state index in [0.29, 0.717) is 12.8 Å². The van der Waals surface area contributed by atoms with Crippen LogP contribution in [0.3, 0.4) is 0 Å². The Morgan fingerprint density at radius 1 is 1.62 bits per heavy atom. The van der Waals surface area contributed by atoms with Crippen molar-refractivity contribution < 1.29 is 14.8 Å². The van der Waals surface area contributed by atoms with E-state index < -0.39 is 22.9 Å². The molecule has 0 radical (unpaired) electrons. The lowest BCUT2D eigenvalue weighted by molar-refractivity contribution is -0.530. The molecule has 1 N–H and O–H groups in total. The molecule has 0 aliphatic carbocycles. The molecule has 5 heteroatoms. The fourth-order valence-corrected chi connectivity index (χ4v) is 1.12. The molecule has 0 aromatic rings. The van der Waals surface area contributed by atoms with Gasteiger partial charge in [-0.05, 0) is 13.3 Å². The fourth-order valence-electron chi connectivity index (χ4n) is 1.12. The summed E-state index contributed by atoms with van der Waals surface area (Å²) in [6.45, 7) is 3.30. The summed E-state index contributed by atoms with van der Waals surface area (Å²) in [6.07, 6.45) is 1.89. The molecule has 0 saturated heterocycles. The van der Waals surface area contributed by atoms with E-state index >= 15 is 0 Å². The quantitative estimate of drug-likeness (QED) is 0.507. The number of nitro groups is 1. The second kappa shape index (κ2) is 5.50. The summed E-state index contributed by atoms with van der Waals surface area (Å²) in [5, 5.41) is 19.1. The molecule has 0 aromatic heterocycles. The zero-order valence-corrected chi connectivity index (χ0v) is 7.90. The topological polar surface area (TPSA) is 80.4 Å². The monoisotopic (exact) mass is 189 g/mol. The van der Waals surface area contributed by atoms with Gasteiger partial charge in [0.2, 0.25) is 6.04 Å². The smallest absolute Gasteiger partial charge is 0.313 e. The highest BCUT2D eigenvalue weighted by molar-refractivity contribution is 5.70. The minimum Gasteiger partial charge on any atom is -0.481 e. The van der Waals surface area contributed by atoms with Crippen LogP contribution in [-0.4, -0.2) is 22.0 Å². The van der Waals surface area contributed by atoms with Gasteiger partial charge in [-0.3, -0.25) is 14.9 Å². The average molecular weight is 189 g/mol. The van der Waals surface area contributed by atoms with Crippen molar-refractivity contribution in [1.82, 2.24) is 0 Å². The van der Waals surface area contributed by atoms with Gasteiger partial charge in [0.15, 0.2) is 0 Å². The summed E-state index contributed by atoms with van der Waals surface area (Å²) < 4.78 is 0. The Hall–Kier alpha value is -1.13. The molecule has 13 heavy (non-hydrogen) atoms.